The highest BCUT2D eigenvalue weighted by molar-refractivity contribution is 5.95. The predicted octanol–water partition coefficient (Wildman–Crippen LogP) is 5.83. The second-order valence-electron chi connectivity index (χ2n) is 9.29. The molecule has 0 amide bonds. The molecule has 2 atom stereocenters. The van der Waals surface area contributed by atoms with Crippen molar-refractivity contribution in [3.8, 4) is 23.0 Å². The first kappa shape index (κ1) is 23.2. The van der Waals surface area contributed by atoms with Gasteiger partial charge in [-0.05, 0) is 73.0 Å². The van der Waals surface area contributed by atoms with Crippen LogP contribution in [0.5, 0.6) is 23.0 Å². The van der Waals surface area contributed by atoms with Gasteiger partial charge in [0.05, 0.1) is 6.67 Å². The molecule has 6 heteroatoms. The van der Waals surface area contributed by atoms with E-state index >= 15 is 0 Å². The number of likely N-dealkylation sites (tertiary alicyclic amines) is 1. The third-order valence-corrected chi connectivity index (χ3v) is 6.91. The topological polar surface area (TPSA) is 62.2 Å². The van der Waals surface area contributed by atoms with E-state index in [1.165, 1.54) is 0 Å². The third-order valence-electron chi connectivity index (χ3n) is 6.91. The van der Waals surface area contributed by atoms with Crippen LogP contribution in [0.25, 0.3) is 11.1 Å². The lowest BCUT2D eigenvalue weighted by molar-refractivity contribution is 0.228. The van der Waals surface area contributed by atoms with Gasteiger partial charge in [-0.15, -0.1) is 0 Å². The van der Waals surface area contributed by atoms with Gasteiger partial charge in [0.1, 0.15) is 35.7 Å². The summed E-state index contributed by atoms with van der Waals surface area (Å²) in [6, 6.07) is 20.2. The van der Waals surface area contributed by atoms with Crippen LogP contribution in [0.4, 0.5) is 4.39 Å². The number of halogens is 1. The molecule has 0 saturated carbocycles. The summed E-state index contributed by atoms with van der Waals surface area (Å²) in [6.07, 6.45) is 0.536. The molecule has 3 aromatic carbocycles. The van der Waals surface area contributed by atoms with Crippen LogP contribution >= 0.6 is 0 Å². The summed E-state index contributed by atoms with van der Waals surface area (Å²) in [7, 11) is 0. The maximum atomic E-state index is 12.8. The molecule has 182 valence electrons. The third kappa shape index (κ3) is 4.98. The Labute approximate surface area is 205 Å². The van der Waals surface area contributed by atoms with Crippen LogP contribution < -0.4 is 9.47 Å². The number of benzene rings is 3. The zero-order chi connectivity index (χ0) is 24.4. The van der Waals surface area contributed by atoms with Gasteiger partial charge in [-0.2, -0.15) is 0 Å². The van der Waals surface area contributed by atoms with E-state index in [0.717, 1.165) is 59.6 Å². The molecule has 0 spiro atoms. The number of hydrogen-bond acceptors (Lipinski definition) is 5. The van der Waals surface area contributed by atoms with Crippen molar-refractivity contribution in [1.82, 2.24) is 4.90 Å². The van der Waals surface area contributed by atoms with E-state index in [-0.39, 0.29) is 30.2 Å². The molecule has 1 fully saturated rings. The summed E-state index contributed by atoms with van der Waals surface area (Å²) in [5.41, 5.74) is 4.91. The monoisotopic (exact) mass is 475 g/mol. The Bertz CT molecular complexity index is 1210. The Balaban J connectivity index is 1.36. The first-order valence-electron chi connectivity index (χ1n) is 12.0. The van der Waals surface area contributed by atoms with E-state index in [0.29, 0.717) is 12.4 Å². The number of phenols is 2. The summed E-state index contributed by atoms with van der Waals surface area (Å²) in [6.45, 7) is 4.89. The minimum absolute atomic E-state index is 0.156. The molecular weight excluding hydrogens is 445 g/mol. The zero-order valence-electron chi connectivity index (χ0n) is 19.8. The number of rotatable bonds is 7. The second-order valence-corrected chi connectivity index (χ2v) is 9.29. The number of aromatic hydroxyl groups is 2. The van der Waals surface area contributed by atoms with E-state index in [1.54, 1.807) is 24.3 Å². The first-order valence-corrected chi connectivity index (χ1v) is 12.0. The molecule has 2 aliphatic rings. The van der Waals surface area contributed by atoms with Gasteiger partial charge >= 0.3 is 0 Å². The highest BCUT2D eigenvalue weighted by atomic mass is 19.1. The Kier molecular flexibility index (Phi) is 6.64. The normalized spacial score (nSPS) is 19.9. The van der Waals surface area contributed by atoms with Gasteiger partial charge in [0.2, 0.25) is 0 Å². The van der Waals surface area contributed by atoms with Crippen molar-refractivity contribution in [1.29, 1.82) is 0 Å². The molecule has 5 nitrogen and oxygen atoms in total. The number of allylic oxidation sites excluding steroid dienone is 1. The lowest BCUT2D eigenvalue weighted by Gasteiger charge is -2.31. The van der Waals surface area contributed by atoms with Crippen LogP contribution in [0.3, 0.4) is 0 Å². The molecule has 1 saturated heterocycles. The molecule has 2 heterocycles. The number of ether oxygens (including phenoxy) is 2. The summed E-state index contributed by atoms with van der Waals surface area (Å²) < 4.78 is 25.2. The highest BCUT2D eigenvalue weighted by Gasteiger charge is 2.29. The van der Waals surface area contributed by atoms with E-state index in [2.05, 4.69) is 11.8 Å². The van der Waals surface area contributed by atoms with E-state index in [9.17, 15) is 14.6 Å². The number of hydrogen-bond donors (Lipinski definition) is 2. The van der Waals surface area contributed by atoms with Gasteiger partial charge in [0, 0.05) is 36.2 Å². The Hall–Kier alpha value is -3.51. The summed E-state index contributed by atoms with van der Waals surface area (Å²) >= 11 is 0. The molecule has 2 aliphatic heterocycles. The summed E-state index contributed by atoms with van der Waals surface area (Å²) in [5.74, 6) is 1.93. The van der Waals surface area contributed by atoms with Crippen molar-refractivity contribution in [2.45, 2.75) is 19.4 Å². The molecular formula is C29H30FNO4. The van der Waals surface area contributed by atoms with Crippen LogP contribution in [0.1, 0.15) is 36.1 Å². The van der Waals surface area contributed by atoms with Gasteiger partial charge in [-0.25, -0.2) is 0 Å². The quantitative estimate of drug-likeness (QED) is 0.450. The summed E-state index contributed by atoms with van der Waals surface area (Å²) in [5, 5.41) is 19.8. The average molecular weight is 476 g/mol. The van der Waals surface area contributed by atoms with Crippen LogP contribution in [-0.4, -0.2) is 48.0 Å². The van der Waals surface area contributed by atoms with Crippen molar-refractivity contribution in [3.05, 3.63) is 83.4 Å². The van der Waals surface area contributed by atoms with Crippen molar-refractivity contribution < 1.29 is 24.1 Å². The molecule has 0 aliphatic carbocycles. The molecule has 35 heavy (non-hydrogen) atoms. The zero-order valence-corrected chi connectivity index (χ0v) is 19.8. The van der Waals surface area contributed by atoms with Crippen molar-refractivity contribution in [3.63, 3.8) is 0 Å². The second kappa shape index (κ2) is 10.0. The predicted molar refractivity (Wildman–Crippen MR) is 135 cm³/mol. The molecule has 0 radical (unpaired) electrons. The van der Waals surface area contributed by atoms with E-state index in [1.807, 2.05) is 42.5 Å². The van der Waals surface area contributed by atoms with Crippen molar-refractivity contribution >= 4 is 11.1 Å². The lowest BCUT2D eigenvalue weighted by atomic mass is 9.86. The fraction of sp³-hybridized carbons (Fsp3) is 0.310. The average Bonchev–Trinajstić information content (AvgIpc) is 3.33. The Morgan fingerprint density at radius 2 is 1.74 bits per heavy atom. The van der Waals surface area contributed by atoms with Crippen molar-refractivity contribution in [2.75, 3.05) is 32.9 Å². The van der Waals surface area contributed by atoms with Gasteiger partial charge in [0.15, 0.2) is 0 Å². The lowest BCUT2D eigenvalue weighted by Crippen LogP contribution is -2.26. The molecule has 3 aromatic rings. The minimum Gasteiger partial charge on any atom is -0.508 e. The van der Waals surface area contributed by atoms with Crippen LogP contribution in [-0.2, 0) is 0 Å². The standard InChI is InChI=1S/C29H30FNO4/c1-19-26-11-8-24(33)16-27(26)35-29(28(19)21-2-6-23(32)7-3-21)22-4-9-25(10-5-22)34-15-14-31-13-12-20(17-30)18-31/h2-11,16,20,29,32-33H,12-15,17-18H2,1H3. The molecule has 2 N–H and O–H groups in total. The van der Waals surface area contributed by atoms with E-state index in [4.69, 9.17) is 9.47 Å². The van der Waals surface area contributed by atoms with Crippen molar-refractivity contribution in [2.24, 2.45) is 5.92 Å². The van der Waals surface area contributed by atoms with Crippen LogP contribution in [0.15, 0.2) is 66.7 Å². The fourth-order valence-electron chi connectivity index (χ4n) is 4.96. The van der Waals surface area contributed by atoms with E-state index < -0.39 is 0 Å². The molecule has 2 unspecified atom stereocenters. The SMILES string of the molecule is CC1=C(c2ccc(O)cc2)C(c2ccc(OCCN3CCC(CF)C3)cc2)Oc2cc(O)ccc21. The molecule has 5 rings (SSSR count). The Morgan fingerprint density at radius 3 is 2.46 bits per heavy atom. The van der Waals surface area contributed by atoms with Gasteiger partial charge < -0.3 is 19.7 Å². The van der Waals surface area contributed by atoms with Gasteiger partial charge in [0.25, 0.3) is 0 Å². The van der Waals surface area contributed by atoms with Crippen LogP contribution in [0, 0.1) is 5.92 Å². The first-order chi connectivity index (χ1) is 17.0. The van der Waals surface area contributed by atoms with Crippen LogP contribution in [0.2, 0.25) is 0 Å². The number of phenolic OH excluding ortho intramolecular Hbond substituents is 2. The number of fused-ring (bicyclic) bond motifs is 1. The number of alkyl halides is 1. The van der Waals surface area contributed by atoms with Gasteiger partial charge in [-0.1, -0.05) is 24.3 Å². The maximum Gasteiger partial charge on any atom is 0.150 e. The number of nitrogens with zero attached hydrogens (tertiary/aromatic N) is 1. The smallest absolute Gasteiger partial charge is 0.150 e. The Morgan fingerprint density at radius 1 is 1.00 bits per heavy atom. The largest absolute Gasteiger partial charge is 0.508 e. The fourth-order valence-corrected chi connectivity index (χ4v) is 4.96. The molecule has 0 aromatic heterocycles. The minimum atomic E-state index is -0.384. The maximum absolute atomic E-state index is 12.8. The molecule has 0 bridgehead atoms. The van der Waals surface area contributed by atoms with Gasteiger partial charge in [-0.3, -0.25) is 9.29 Å². The summed E-state index contributed by atoms with van der Waals surface area (Å²) in [4.78, 5) is 2.25. The highest BCUT2D eigenvalue weighted by Crippen LogP contribution is 2.47.